The topological polar surface area (TPSA) is 37.8 Å². The average Bonchev–Trinajstić information content (AvgIpc) is 2.12. The van der Waals surface area contributed by atoms with Gasteiger partial charge in [0, 0.05) is 13.0 Å². The van der Waals surface area contributed by atoms with Gasteiger partial charge in [0.15, 0.2) is 0 Å². The van der Waals surface area contributed by atoms with E-state index in [1.54, 1.807) is 0 Å². The molecule has 0 saturated carbocycles. The van der Waals surface area contributed by atoms with Crippen molar-refractivity contribution in [3.63, 3.8) is 0 Å². The molecule has 78 valence electrons. The van der Waals surface area contributed by atoms with E-state index in [-0.39, 0.29) is 18.1 Å². The fourth-order valence-electron chi connectivity index (χ4n) is 0.771. The summed E-state index contributed by atoms with van der Waals surface area (Å²) in [6.45, 7) is 0.142. The predicted molar refractivity (Wildman–Crippen MR) is 53.9 cm³/mol. The Morgan fingerprint density at radius 1 is 1.50 bits per heavy atom. The molecular formula is C7H7BrClF2N3. The van der Waals surface area contributed by atoms with E-state index in [2.05, 4.69) is 31.2 Å². The van der Waals surface area contributed by atoms with Crippen LogP contribution in [0.15, 0.2) is 10.8 Å². The van der Waals surface area contributed by atoms with Crippen molar-refractivity contribution in [1.29, 1.82) is 0 Å². The molecule has 0 amide bonds. The van der Waals surface area contributed by atoms with Crippen molar-refractivity contribution < 1.29 is 8.78 Å². The van der Waals surface area contributed by atoms with Gasteiger partial charge in [-0.2, -0.15) is 0 Å². The van der Waals surface area contributed by atoms with Gasteiger partial charge >= 0.3 is 0 Å². The Balaban J connectivity index is 2.54. The summed E-state index contributed by atoms with van der Waals surface area (Å²) in [6.07, 6.45) is -1.29. The van der Waals surface area contributed by atoms with E-state index in [0.29, 0.717) is 10.3 Å². The lowest BCUT2D eigenvalue weighted by molar-refractivity contribution is 0.142. The maximum absolute atomic E-state index is 11.8. The van der Waals surface area contributed by atoms with Crippen molar-refractivity contribution in [3.05, 3.63) is 16.0 Å². The van der Waals surface area contributed by atoms with Gasteiger partial charge in [0.25, 0.3) is 0 Å². The van der Waals surface area contributed by atoms with E-state index in [4.69, 9.17) is 11.6 Å². The van der Waals surface area contributed by atoms with Crippen LogP contribution < -0.4 is 5.32 Å². The minimum absolute atomic E-state index is 0.142. The van der Waals surface area contributed by atoms with Gasteiger partial charge in [0.2, 0.25) is 6.43 Å². The molecule has 1 aromatic heterocycles. The van der Waals surface area contributed by atoms with Gasteiger partial charge in [-0.25, -0.2) is 18.7 Å². The summed E-state index contributed by atoms with van der Waals surface area (Å²) in [4.78, 5) is 7.54. The summed E-state index contributed by atoms with van der Waals surface area (Å²) in [7, 11) is 0. The van der Waals surface area contributed by atoms with Gasteiger partial charge in [-0.3, -0.25) is 0 Å². The Hall–Kier alpha value is -0.490. The number of hydrogen-bond acceptors (Lipinski definition) is 3. The highest BCUT2D eigenvalue weighted by Gasteiger charge is 2.07. The van der Waals surface area contributed by atoms with Crippen LogP contribution in [0.5, 0.6) is 0 Å². The van der Waals surface area contributed by atoms with Gasteiger partial charge in [-0.05, 0) is 15.9 Å². The van der Waals surface area contributed by atoms with E-state index in [9.17, 15) is 8.78 Å². The zero-order chi connectivity index (χ0) is 10.6. The molecular weight excluding hydrogens is 279 g/mol. The molecule has 1 heterocycles. The van der Waals surface area contributed by atoms with Crippen molar-refractivity contribution in [1.82, 2.24) is 9.97 Å². The summed E-state index contributed by atoms with van der Waals surface area (Å²) in [5.74, 6) is 0.422. The molecule has 0 unspecified atom stereocenters. The Kier molecular flexibility index (Phi) is 4.47. The van der Waals surface area contributed by atoms with Crippen molar-refractivity contribution in [2.75, 3.05) is 11.9 Å². The summed E-state index contributed by atoms with van der Waals surface area (Å²) in [5, 5.41) is 2.97. The summed E-state index contributed by atoms with van der Waals surface area (Å²) in [6, 6.07) is 0. The molecule has 14 heavy (non-hydrogen) atoms. The lowest BCUT2D eigenvalue weighted by Gasteiger charge is -2.06. The first-order valence-electron chi connectivity index (χ1n) is 3.79. The molecule has 0 aliphatic heterocycles. The maximum atomic E-state index is 11.8. The van der Waals surface area contributed by atoms with E-state index in [0.717, 1.165) is 0 Å². The van der Waals surface area contributed by atoms with Crippen LogP contribution in [0, 0.1) is 0 Å². The largest absolute Gasteiger partial charge is 0.369 e. The molecule has 7 heteroatoms. The summed E-state index contributed by atoms with van der Waals surface area (Å²) >= 11 is 8.81. The number of alkyl halides is 2. The van der Waals surface area contributed by atoms with Crippen LogP contribution >= 0.6 is 27.5 Å². The zero-order valence-electron chi connectivity index (χ0n) is 6.98. The normalized spacial score (nSPS) is 10.6. The van der Waals surface area contributed by atoms with Crippen LogP contribution in [-0.4, -0.2) is 22.9 Å². The van der Waals surface area contributed by atoms with E-state index in [1.165, 1.54) is 6.33 Å². The van der Waals surface area contributed by atoms with Crippen molar-refractivity contribution in [3.8, 4) is 0 Å². The highest BCUT2D eigenvalue weighted by molar-refractivity contribution is 9.10. The van der Waals surface area contributed by atoms with Crippen molar-refractivity contribution in [2.24, 2.45) is 0 Å². The van der Waals surface area contributed by atoms with Gasteiger partial charge in [-0.1, -0.05) is 11.6 Å². The van der Waals surface area contributed by atoms with Crippen molar-refractivity contribution >= 4 is 33.3 Å². The SMILES string of the molecule is FC(F)CCNc1ncnc(Cl)c1Br. The summed E-state index contributed by atoms with van der Waals surface area (Å²) < 4.78 is 24.1. The van der Waals surface area contributed by atoms with Gasteiger partial charge in [0.1, 0.15) is 17.3 Å². The smallest absolute Gasteiger partial charge is 0.240 e. The second kappa shape index (κ2) is 5.41. The number of aromatic nitrogens is 2. The molecule has 0 bridgehead atoms. The number of hydrogen-bond donors (Lipinski definition) is 1. The standard InChI is InChI=1S/C7H7BrClF2N3/c8-5-6(9)13-3-14-7(5)12-2-1-4(10)11/h3-4H,1-2H2,(H,12,13,14). The molecule has 1 N–H and O–H groups in total. The third-order valence-electron chi connectivity index (χ3n) is 1.40. The molecule has 0 fully saturated rings. The van der Waals surface area contributed by atoms with Gasteiger partial charge in [-0.15, -0.1) is 0 Å². The lowest BCUT2D eigenvalue weighted by Crippen LogP contribution is -2.08. The highest BCUT2D eigenvalue weighted by Crippen LogP contribution is 2.25. The first-order chi connectivity index (χ1) is 6.61. The molecule has 1 aromatic rings. The maximum Gasteiger partial charge on any atom is 0.240 e. The summed E-state index contributed by atoms with van der Waals surface area (Å²) in [5.41, 5.74) is 0. The molecule has 0 aliphatic carbocycles. The molecule has 0 radical (unpaired) electrons. The predicted octanol–water partition coefficient (Wildman–Crippen LogP) is 2.96. The minimum atomic E-state index is -2.32. The van der Waals surface area contributed by atoms with Gasteiger partial charge < -0.3 is 5.32 Å². The number of nitrogens with one attached hydrogen (secondary N) is 1. The van der Waals surface area contributed by atoms with Crippen LogP contribution in [0.4, 0.5) is 14.6 Å². The third kappa shape index (κ3) is 3.34. The minimum Gasteiger partial charge on any atom is -0.369 e. The first kappa shape index (κ1) is 11.6. The molecule has 3 nitrogen and oxygen atoms in total. The van der Waals surface area contributed by atoms with E-state index in [1.807, 2.05) is 0 Å². The second-order valence-corrected chi connectivity index (χ2v) is 3.58. The van der Waals surface area contributed by atoms with Crippen LogP contribution in [0.25, 0.3) is 0 Å². The number of rotatable bonds is 4. The Morgan fingerprint density at radius 3 is 2.86 bits per heavy atom. The molecule has 0 spiro atoms. The van der Waals surface area contributed by atoms with Crippen LogP contribution in [0.3, 0.4) is 0 Å². The number of nitrogens with zero attached hydrogens (tertiary/aromatic N) is 2. The molecule has 0 atom stereocenters. The molecule has 0 saturated heterocycles. The molecule has 0 aliphatic rings. The monoisotopic (exact) mass is 285 g/mol. The Labute approximate surface area is 93.0 Å². The second-order valence-electron chi connectivity index (χ2n) is 2.43. The first-order valence-corrected chi connectivity index (χ1v) is 4.96. The van der Waals surface area contributed by atoms with Gasteiger partial charge in [0.05, 0.1) is 4.47 Å². The fourth-order valence-corrected chi connectivity index (χ4v) is 1.25. The van der Waals surface area contributed by atoms with Crippen molar-refractivity contribution in [2.45, 2.75) is 12.8 Å². The molecule has 1 rings (SSSR count). The van der Waals surface area contributed by atoms with E-state index < -0.39 is 6.43 Å². The quantitative estimate of drug-likeness (QED) is 0.865. The zero-order valence-corrected chi connectivity index (χ0v) is 9.32. The van der Waals surface area contributed by atoms with E-state index >= 15 is 0 Å². The molecule has 0 aromatic carbocycles. The lowest BCUT2D eigenvalue weighted by atomic mass is 10.4. The third-order valence-corrected chi connectivity index (χ3v) is 2.67. The average molecular weight is 287 g/mol. The fraction of sp³-hybridized carbons (Fsp3) is 0.429. The van der Waals surface area contributed by atoms with Crippen LogP contribution in [0.2, 0.25) is 5.15 Å². The van der Waals surface area contributed by atoms with Crippen LogP contribution in [0.1, 0.15) is 6.42 Å². The number of halogens is 4. The van der Waals surface area contributed by atoms with Crippen LogP contribution in [-0.2, 0) is 0 Å². The number of anilines is 1. The Morgan fingerprint density at radius 2 is 2.21 bits per heavy atom. The Bertz CT molecular complexity index is 311. The highest BCUT2D eigenvalue weighted by atomic mass is 79.9.